The van der Waals surface area contributed by atoms with Gasteiger partial charge in [-0.2, -0.15) is 13.4 Å². The summed E-state index contributed by atoms with van der Waals surface area (Å²) in [5.74, 6) is 0.513. The van der Waals surface area contributed by atoms with Crippen LogP contribution in [-0.4, -0.2) is 29.0 Å². The number of hydrogen-bond acceptors (Lipinski definition) is 6. The lowest BCUT2D eigenvalue weighted by molar-refractivity contribution is 0.764. The molecule has 0 radical (unpaired) electrons. The molecule has 1 unspecified atom stereocenters. The summed E-state index contributed by atoms with van der Waals surface area (Å²) in [6.45, 7) is 1.79. The van der Waals surface area contributed by atoms with E-state index in [9.17, 15) is 0 Å². The Kier molecular flexibility index (Phi) is 2.89. The standard InChI is InChI=1S/C9H6Cl2N6S/c1-4(10)9-12-15-16-17(9)8-5(11)2-3-6-7(8)14-18-13-6/h2-4H,1H3. The van der Waals surface area contributed by atoms with Crippen molar-refractivity contribution in [2.24, 2.45) is 0 Å². The van der Waals surface area contributed by atoms with Crippen LogP contribution in [0, 0.1) is 0 Å². The largest absolute Gasteiger partial charge is 0.192 e. The Balaban J connectivity index is 2.33. The number of fused-ring (bicyclic) bond motifs is 1. The van der Waals surface area contributed by atoms with Crippen LogP contribution in [-0.2, 0) is 0 Å². The lowest BCUT2D eigenvalue weighted by Crippen LogP contribution is -2.05. The fourth-order valence-electron chi connectivity index (χ4n) is 1.62. The Morgan fingerprint density at radius 3 is 2.94 bits per heavy atom. The molecule has 0 amide bonds. The molecule has 0 aliphatic carbocycles. The molecule has 92 valence electrons. The van der Waals surface area contributed by atoms with Crippen molar-refractivity contribution >= 4 is 46.0 Å². The average molecular weight is 301 g/mol. The van der Waals surface area contributed by atoms with Gasteiger partial charge in [0.05, 0.1) is 22.1 Å². The van der Waals surface area contributed by atoms with Crippen molar-refractivity contribution in [3.63, 3.8) is 0 Å². The van der Waals surface area contributed by atoms with E-state index in [0.29, 0.717) is 22.1 Å². The van der Waals surface area contributed by atoms with Gasteiger partial charge in [-0.05, 0) is 29.5 Å². The van der Waals surface area contributed by atoms with Gasteiger partial charge < -0.3 is 0 Å². The Bertz CT molecular complexity index is 706. The first-order valence-electron chi connectivity index (χ1n) is 5.02. The van der Waals surface area contributed by atoms with Gasteiger partial charge >= 0.3 is 0 Å². The van der Waals surface area contributed by atoms with Crippen molar-refractivity contribution in [1.29, 1.82) is 0 Å². The van der Waals surface area contributed by atoms with Crippen molar-refractivity contribution in [2.45, 2.75) is 12.3 Å². The molecule has 0 aliphatic rings. The molecule has 3 rings (SSSR count). The first kappa shape index (κ1) is 11.8. The minimum atomic E-state index is -0.335. The number of aromatic nitrogens is 6. The van der Waals surface area contributed by atoms with Crippen molar-refractivity contribution < 1.29 is 0 Å². The van der Waals surface area contributed by atoms with Gasteiger partial charge in [-0.1, -0.05) is 11.6 Å². The van der Waals surface area contributed by atoms with Gasteiger partial charge in [0.1, 0.15) is 16.7 Å². The molecule has 0 fully saturated rings. The average Bonchev–Trinajstić information content (AvgIpc) is 2.95. The molecular formula is C9H6Cl2N6S. The van der Waals surface area contributed by atoms with Gasteiger partial charge in [0.15, 0.2) is 5.82 Å². The summed E-state index contributed by atoms with van der Waals surface area (Å²) in [5, 5.41) is 11.6. The number of nitrogens with zero attached hydrogens (tertiary/aromatic N) is 6. The van der Waals surface area contributed by atoms with E-state index in [1.807, 2.05) is 0 Å². The molecule has 9 heteroatoms. The molecule has 0 spiro atoms. The van der Waals surface area contributed by atoms with E-state index in [4.69, 9.17) is 23.2 Å². The Morgan fingerprint density at radius 2 is 2.17 bits per heavy atom. The zero-order valence-corrected chi connectivity index (χ0v) is 11.4. The van der Waals surface area contributed by atoms with E-state index in [1.165, 1.54) is 4.68 Å². The smallest absolute Gasteiger partial charge is 0.174 e. The maximum atomic E-state index is 6.21. The molecule has 6 nitrogen and oxygen atoms in total. The van der Waals surface area contributed by atoms with Crippen LogP contribution in [0.15, 0.2) is 12.1 Å². The van der Waals surface area contributed by atoms with Crippen LogP contribution < -0.4 is 0 Å². The minimum absolute atomic E-state index is 0.335. The van der Waals surface area contributed by atoms with Gasteiger partial charge in [0, 0.05) is 0 Å². The van der Waals surface area contributed by atoms with Gasteiger partial charge in [-0.25, -0.2) is 0 Å². The van der Waals surface area contributed by atoms with E-state index >= 15 is 0 Å². The second kappa shape index (κ2) is 4.42. The van der Waals surface area contributed by atoms with Crippen LogP contribution >= 0.6 is 34.9 Å². The van der Waals surface area contributed by atoms with Crippen molar-refractivity contribution in [3.8, 4) is 5.69 Å². The predicted molar refractivity (Wildman–Crippen MR) is 69.4 cm³/mol. The third kappa shape index (κ3) is 1.75. The number of hydrogen-bond donors (Lipinski definition) is 0. The zero-order valence-electron chi connectivity index (χ0n) is 9.08. The highest BCUT2D eigenvalue weighted by molar-refractivity contribution is 7.00. The SMILES string of the molecule is CC(Cl)c1nnnn1-c1c(Cl)ccc2nsnc12. The summed E-state index contributed by atoms with van der Waals surface area (Å²) in [6.07, 6.45) is 0. The third-order valence-electron chi connectivity index (χ3n) is 2.41. The molecule has 0 N–H and O–H groups in total. The Labute approximate surface area is 116 Å². The predicted octanol–water partition coefficient (Wildman–Crippen LogP) is 2.62. The minimum Gasteiger partial charge on any atom is -0.192 e. The van der Waals surface area contributed by atoms with E-state index in [0.717, 1.165) is 17.2 Å². The zero-order chi connectivity index (χ0) is 12.7. The molecular weight excluding hydrogens is 295 g/mol. The molecule has 0 aliphatic heterocycles. The normalized spacial score (nSPS) is 13.1. The topological polar surface area (TPSA) is 69.4 Å². The van der Waals surface area contributed by atoms with Gasteiger partial charge in [0.25, 0.3) is 0 Å². The Hall–Kier alpha value is -1.31. The number of alkyl halides is 1. The molecule has 1 aromatic carbocycles. The summed E-state index contributed by atoms with van der Waals surface area (Å²) >= 11 is 13.4. The summed E-state index contributed by atoms with van der Waals surface area (Å²) in [5.41, 5.74) is 2.02. The third-order valence-corrected chi connectivity index (χ3v) is 3.46. The monoisotopic (exact) mass is 300 g/mol. The maximum Gasteiger partial charge on any atom is 0.174 e. The molecule has 2 aromatic heterocycles. The highest BCUT2D eigenvalue weighted by Crippen LogP contribution is 2.30. The maximum absolute atomic E-state index is 6.21. The van der Waals surface area contributed by atoms with Crippen LogP contribution in [0.2, 0.25) is 5.02 Å². The van der Waals surface area contributed by atoms with Crippen LogP contribution in [0.3, 0.4) is 0 Å². The van der Waals surface area contributed by atoms with Crippen LogP contribution in [0.1, 0.15) is 18.1 Å². The van der Waals surface area contributed by atoms with Crippen LogP contribution in [0.4, 0.5) is 0 Å². The van der Waals surface area contributed by atoms with E-state index in [1.54, 1.807) is 19.1 Å². The number of benzene rings is 1. The van der Waals surface area contributed by atoms with Crippen molar-refractivity contribution in [2.75, 3.05) is 0 Å². The van der Waals surface area contributed by atoms with Crippen LogP contribution in [0.25, 0.3) is 16.7 Å². The quantitative estimate of drug-likeness (QED) is 0.680. The first-order valence-corrected chi connectivity index (χ1v) is 6.56. The lowest BCUT2D eigenvalue weighted by atomic mass is 10.2. The molecule has 0 saturated carbocycles. The highest BCUT2D eigenvalue weighted by atomic mass is 35.5. The number of rotatable bonds is 2. The second-order valence-electron chi connectivity index (χ2n) is 3.59. The van der Waals surface area contributed by atoms with Gasteiger partial charge in [0.2, 0.25) is 0 Å². The molecule has 0 saturated heterocycles. The summed E-state index contributed by atoms with van der Waals surface area (Å²) in [7, 11) is 0. The molecule has 2 heterocycles. The summed E-state index contributed by atoms with van der Waals surface area (Å²) in [4.78, 5) is 0. The second-order valence-corrected chi connectivity index (χ2v) is 5.18. The van der Waals surface area contributed by atoms with E-state index in [-0.39, 0.29) is 5.38 Å². The van der Waals surface area contributed by atoms with E-state index < -0.39 is 0 Å². The fourth-order valence-corrected chi connectivity index (χ4v) is 2.52. The number of halogens is 2. The van der Waals surface area contributed by atoms with Crippen LogP contribution in [0.5, 0.6) is 0 Å². The van der Waals surface area contributed by atoms with Crippen molar-refractivity contribution in [3.05, 3.63) is 23.0 Å². The highest BCUT2D eigenvalue weighted by Gasteiger charge is 2.19. The molecule has 0 bridgehead atoms. The lowest BCUT2D eigenvalue weighted by Gasteiger charge is -2.07. The number of tetrazole rings is 1. The molecule has 1 atom stereocenters. The summed E-state index contributed by atoms with van der Waals surface area (Å²) in [6, 6.07) is 3.55. The summed E-state index contributed by atoms with van der Waals surface area (Å²) < 4.78 is 9.89. The molecule has 18 heavy (non-hydrogen) atoms. The first-order chi connectivity index (χ1) is 8.68. The Morgan fingerprint density at radius 1 is 1.33 bits per heavy atom. The fraction of sp³-hybridized carbons (Fsp3) is 0.222. The van der Waals surface area contributed by atoms with E-state index in [2.05, 4.69) is 24.3 Å². The van der Waals surface area contributed by atoms with Gasteiger partial charge in [-0.15, -0.1) is 16.7 Å². The molecule has 3 aromatic rings. The van der Waals surface area contributed by atoms with Gasteiger partial charge in [-0.3, -0.25) is 0 Å². The van der Waals surface area contributed by atoms with Crippen molar-refractivity contribution in [1.82, 2.24) is 29.0 Å².